The van der Waals surface area contributed by atoms with Gasteiger partial charge in [0.2, 0.25) is 0 Å². The second kappa shape index (κ2) is 4.69. The highest BCUT2D eigenvalue weighted by molar-refractivity contribution is 7.09. The highest BCUT2D eigenvalue weighted by Crippen LogP contribution is 2.48. The fraction of sp³-hybridized carbons (Fsp3) is 0.786. The maximum atomic E-state index is 4.97. The van der Waals surface area contributed by atoms with Crippen LogP contribution in [0.3, 0.4) is 0 Å². The van der Waals surface area contributed by atoms with Gasteiger partial charge in [-0.15, -0.1) is 11.3 Å². The molecular weight excluding hydrogens is 228 g/mol. The normalized spacial score (nSPS) is 23.8. The summed E-state index contributed by atoms with van der Waals surface area (Å²) in [5.74, 6) is 0.771. The summed E-state index contributed by atoms with van der Waals surface area (Å²) >= 11 is 1.91. The molecule has 17 heavy (non-hydrogen) atoms. The first-order valence-electron chi connectivity index (χ1n) is 6.95. The van der Waals surface area contributed by atoms with E-state index in [1.54, 1.807) is 0 Å². The molecule has 2 nitrogen and oxygen atoms in total. The Hall–Kier alpha value is -0.410. The molecule has 0 aliphatic heterocycles. The molecule has 1 aromatic rings. The summed E-state index contributed by atoms with van der Waals surface area (Å²) in [7, 11) is 2.05. The van der Waals surface area contributed by atoms with Gasteiger partial charge in [0, 0.05) is 23.3 Å². The van der Waals surface area contributed by atoms with Crippen molar-refractivity contribution in [3.05, 3.63) is 16.1 Å². The average Bonchev–Trinajstić information content (AvgIpc) is 2.98. The van der Waals surface area contributed by atoms with Gasteiger partial charge in [0.15, 0.2) is 0 Å². The highest BCUT2D eigenvalue weighted by Gasteiger charge is 2.45. The van der Waals surface area contributed by atoms with Crippen molar-refractivity contribution in [3.63, 3.8) is 0 Å². The van der Waals surface area contributed by atoms with Crippen molar-refractivity contribution in [1.29, 1.82) is 0 Å². The summed E-state index contributed by atoms with van der Waals surface area (Å²) in [5, 5.41) is 7.07. The minimum Gasteiger partial charge on any atom is -0.319 e. The van der Waals surface area contributed by atoms with E-state index >= 15 is 0 Å². The van der Waals surface area contributed by atoms with Crippen LogP contribution in [0.1, 0.15) is 61.6 Å². The Kier molecular flexibility index (Phi) is 3.22. The third-order valence-corrected chi connectivity index (χ3v) is 5.40. The monoisotopic (exact) mass is 250 g/mol. The molecule has 0 radical (unpaired) electrons. The highest BCUT2D eigenvalue weighted by atomic mass is 32.1. The van der Waals surface area contributed by atoms with Gasteiger partial charge in [-0.05, 0) is 32.7 Å². The van der Waals surface area contributed by atoms with E-state index in [4.69, 9.17) is 4.98 Å². The van der Waals surface area contributed by atoms with Crippen molar-refractivity contribution in [2.45, 2.75) is 56.3 Å². The number of nitrogens with zero attached hydrogens (tertiary/aromatic N) is 1. The lowest BCUT2D eigenvalue weighted by Gasteiger charge is -2.19. The quantitative estimate of drug-likeness (QED) is 0.885. The largest absolute Gasteiger partial charge is 0.319 e. The molecule has 2 saturated carbocycles. The molecule has 2 aliphatic rings. The predicted molar refractivity (Wildman–Crippen MR) is 72.8 cm³/mol. The molecule has 0 unspecified atom stereocenters. The van der Waals surface area contributed by atoms with Crippen molar-refractivity contribution in [2.24, 2.45) is 0 Å². The van der Waals surface area contributed by atoms with Crippen LogP contribution in [0.5, 0.6) is 0 Å². The number of rotatable bonds is 4. The van der Waals surface area contributed by atoms with E-state index < -0.39 is 0 Å². The smallest absolute Gasteiger partial charge is 0.0959 e. The van der Waals surface area contributed by atoms with Gasteiger partial charge in [0.05, 0.1) is 10.7 Å². The summed E-state index contributed by atoms with van der Waals surface area (Å²) in [6.07, 6.45) is 9.61. The first kappa shape index (κ1) is 11.7. The SMILES string of the molecule is CNCC1(c2csc(C3CCCCC3)n2)CC1. The Labute approximate surface area is 108 Å². The predicted octanol–water partition coefficient (Wildman–Crippen LogP) is 3.44. The summed E-state index contributed by atoms with van der Waals surface area (Å²) in [6.45, 7) is 1.10. The molecule has 0 spiro atoms. The molecule has 2 aliphatic carbocycles. The Morgan fingerprint density at radius 3 is 2.76 bits per heavy atom. The van der Waals surface area contributed by atoms with Gasteiger partial charge in [-0.25, -0.2) is 4.98 Å². The van der Waals surface area contributed by atoms with Crippen LogP contribution in [0.25, 0.3) is 0 Å². The van der Waals surface area contributed by atoms with Crippen LogP contribution in [0.4, 0.5) is 0 Å². The van der Waals surface area contributed by atoms with E-state index in [1.807, 2.05) is 11.3 Å². The minimum atomic E-state index is 0.401. The molecule has 1 heterocycles. The van der Waals surface area contributed by atoms with Crippen LogP contribution in [0, 0.1) is 0 Å². The van der Waals surface area contributed by atoms with Crippen LogP contribution in [0.15, 0.2) is 5.38 Å². The topological polar surface area (TPSA) is 24.9 Å². The Morgan fingerprint density at radius 1 is 1.35 bits per heavy atom. The zero-order valence-corrected chi connectivity index (χ0v) is 11.5. The number of aromatic nitrogens is 1. The first-order valence-corrected chi connectivity index (χ1v) is 7.82. The molecule has 0 saturated heterocycles. The van der Waals surface area contributed by atoms with Crippen LogP contribution >= 0.6 is 11.3 Å². The van der Waals surface area contributed by atoms with Crippen LogP contribution in [-0.4, -0.2) is 18.6 Å². The van der Waals surface area contributed by atoms with Crippen molar-refractivity contribution < 1.29 is 0 Å². The van der Waals surface area contributed by atoms with Gasteiger partial charge in [-0.2, -0.15) is 0 Å². The van der Waals surface area contributed by atoms with Gasteiger partial charge in [-0.3, -0.25) is 0 Å². The van der Waals surface area contributed by atoms with E-state index in [1.165, 1.54) is 55.6 Å². The van der Waals surface area contributed by atoms with Crippen LogP contribution < -0.4 is 5.32 Å². The van der Waals surface area contributed by atoms with Gasteiger partial charge in [0.25, 0.3) is 0 Å². The molecule has 0 bridgehead atoms. The number of hydrogen-bond acceptors (Lipinski definition) is 3. The van der Waals surface area contributed by atoms with Crippen LogP contribution in [0.2, 0.25) is 0 Å². The Morgan fingerprint density at radius 2 is 2.12 bits per heavy atom. The average molecular weight is 250 g/mol. The molecular formula is C14H22N2S. The molecule has 0 atom stereocenters. The number of hydrogen-bond donors (Lipinski definition) is 1. The fourth-order valence-electron chi connectivity index (χ4n) is 3.08. The number of likely N-dealkylation sites (N-methyl/N-ethyl adjacent to an activating group) is 1. The van der Waals surface area contributed by atoms with E-state index in [0.29, 0.717) is 5.41 Å². The third-order valence-electron chi connectivity index (χ3n) is 4.39. The Balaban J connectivity index is 1.73. The van der Waals surface area contributed by atoms with Crippen molar-refractivity contribution in [2.75, 3.05) is 13.6 Å². The molecule has 1 aromatic heterocycles. The van der Waals surface area contributed by atoms with Crippen molar-refractivity contribution in [3.8, 4) is 0 Å². The lowest BCUT2D eigenvalue weighted by Crippen LogP contribution is -2.23. The van der Waals surface area contributed by atoms with E-state index in [2.05, 4.69) is 17.7 Å². The molecule has 1 N–H and O–H groups in total. The van der Waals surface area contributed by atoms with Gasteiger partial charge < -0.3 is 5.32 Å². The molecule has 0 amide bonds. The molecule has 0 aromatic carbocycles. The maximum absolute atomic E-state index is 4.97. The van der Waals surface area contributed by atoms with E-state index in [0.717, 1.165) is 12.5 Å². The van der Waals surface area contributed by atoms with Gasteiger partial charge >= 0.3 is 0 Å². The second-order valence-corrected chi connectivity index (χ2v) is 6.61. The lowest BCUT2D eigenvalue weighted by atomic mass is 9.90. The lowest BCUT2D eigenvalue weighted by molar-refractivity contribution is 0.441. The van der Waals surface area contributed by atoms with Crippen LogP contribution in [-0.2, 0) is 5.41 Å². The number of nitrogens with one attached hydrogen (secondary N) is 1. The zero-order valence-electron chi connectivity index (χ0n) is 10.7. The second-order valence-electron chi connectivity index (χ2n) is 5.72. The summed E-state index contributed by atoms with van der Waals surface area (Å²) in [6, 6.07) is 0. The molecule has 2 fully saturated rings. The standard InChI is InChI=1S/C14H22N2S/c1-15-10-14(7-8-14)12-9-17-13(16-12)11-5-3-2-4-6-11/h9,11,15H,2-8,10H2,1H3. The third kappa shape index (κ3) is 2.27. The Bertz CT molecular complexity index is 375. The van der Waals surface area contributed by atoms with Gasteiger partial charge in [0.1, 0.15) is 0 Å². The molecule has 94 valence electrons. The van der Waals surface area contributed by atoms with Crippen molar-refractivity contribution >= 4 is 11.3 Å². The summed E-state index contributed by atoms with van der Waals surface area (Å²) < 4.78 is 0. The van der Waals surface area contributed by atoms with E-state index in [9.17, 15) is 0 Å². The number of thiazole rings is 1. The fourth-order valence-corrected chi connectivity index (χ4v) is 4.20. The summed E-state index contributed by atoms with van der Waals surface area (Å²) in [5.41, 5.74) is 1.77. The molecule has 3 heteroatoms. The molecule has 3 rings (SSSR count). The van der Waals surface area contributed by atoms with Gasteiger partial charge in [-0.1, -0.05) is 19.3 Å². The zero-order chi connectivity index (χ0) is 11.7. The first-order chi connectivity index (χ1) is 8.34. The summed E-state index contributed by atoms with van der Waals surface area (Å²) in [4.78, 5) is 4.97. The van der Waals surface area contributed by atoms with E-state index in [-0.39, 0.29) is 0 Å². The van der Waals surface area contributed by atoms with Crippen molar-refractivity contribution in [1.82, 2.24) is 10.3 Å². The maximum Gasteiger partial charge on any atom is 0.0959 e. The minimum absolute atomic E-state index is 0.401.